The van der Waals surface area contributed by atoms with Crippen LogP contribution in [0.2, 0.25) is 0 Å². The van der Waals surface area contributed by atoms with Crippen LogP contribution in [0.1, 0.15) is 29.9 Å². The summed E-state index contributed by atoms with van der Waals surface area (Å²) >= 11 is 1.38. The van der Waals surface area contributed by atoms with Crippen LogP contribution in [0.5, 0.6) is 5.75 Å². The van der Waals surface area contributed by atoms with Gasteiger partial charge < -0.3 is 15.8 Å². The highest BCUT2D eigenvalue weighted by Crippen LogP contribution is 2.28. The van der Waals surface area contributed by atoms with Gasteiger partial charge in [0, 0.05) is 11.1 Å². The van der Waals surface area contributed by atoms with Crippen molar-refractivity contribution in [2.24, 2.45) is 0 Å². The molecule has 1 amide bonds. The van der Waals surface area contributed by atoms with E-state index in [2.05, 4.69) is 25.1 Å². The number of pyridine rings is 1. The summed E-state index contributed by atoms with van der Waals surface area (Å²) in [6.45, 7) is 3.47. The molecule has 3 N–H and O–H groups in total. The van der Waals surface area contributed by atoms with Gasteiger partial charge in [-0.15, -0.1) is 30.0 Å². The van der Waals surface area contributed by atoms with Gasteiger partial charge in [0.2, 0.25) is 12.4 Å². The molecule has 33 heavy (non-hydrogen) atoms. The first-order valence-electron chi connectivity index (χ1n) is 9.26. The number of nitrogens with one attached hydrogen (secondary N) is 1. The number of hydrogen-bond donors (Lipinski definition) is 2. The summed E-state index contributed by atoms with van der Waals surface area (Å²) in [6.07, 6.45) is -0.823. The molecule has 0 saturated heterocycles. The fraction of sp³-hybridized carbons (Fsp3) is 0.250. The Kier molecular flexibility index (Phi) is 8.63. The molecule has 0 radical (unpaired) electrons. The molecule has 174 valence electrons. The molecule has 9 nitrogen and oxygen atoms in total. The number of anilines is 1. The lowest BCUT2D eigenvalue weighted by Crippen LogP contribution is -2.20. The zero-order valence-corrected chi connectivity index (χ0v) is 18.6. The normalized spacial score (nSPS) is 11.5. The minimum Gasteiger partial charge on any atom is -0.406 e. The van der Waals surface area contributed by atoms with Crippen LogP contribution < -0.4 is 15.8 Å². The summed E-state index contributed by atoms with van der Waals surface area (Å²) in [5.41, 5.74) is 6.76. The smallest absolute Gasteiger partial charge is 0.406 e. The maximum Gasteiger partial charge on any atom is 0.573 e. The first kappa shape index (κ1) is 25.5. The Hall–Kier alpha value is -3.79. The van der Waals surface area contributed by atoms with Crippen molar-refractivity contribution in [2.75, 3.05) is 12.0 Å². The third-order valence-corrected chi connectivity index (χ3v) is 4.65. The molecule has 13 heteroatoms. The summed E-state index contributed by atoms with van der Waals surface area (Å²) in [7, 11) is 0. The molecule has 0 aliphatic rings. The number of carbonyl (C=O) groups excluding carboxylic acids is 1. The van der Waals surface area contributed by atoms with E-state index in [-0.39, 0.29) is 17.7 Å². The van der Waals surface area contributed by atoms with E-state index in [9.17, 15) is 18.0 Å². The minimum atomic E-state index is -4.62. The number of nitrogens with zero attached hydrogens (tertiary/aromatic N) is 5. The quantitative estimate of drug-likeness (QED) is 0.405. The van der Waals surface area contributed by atoms with Crippen LogP contribution in [-0.2, 0) is 4.79 Å². The van der Waals surface area contributed by atoms with Crippen LogP contribution in [0.25, 0.3) is 5.82 Å². The lowest BCUT2D eigenvalue weighted by Gasteiger charge is -2.10. The largest absolute Gasteiger partial charge is 0.573 e. The number of alkyl halides is 3. The van der Waals surface area contributed by atoms with E-state index in [0.717, 1.165) is 10.5 Å². The number of benzene rings is 1. The van der Waals surface area contributed by atoms with Crippen molar-refractivity contribution < 1.29 is 22.7 Å². The molecule has 2 heterocycles. The summed E-state index contributed by atoms with van der Waals surface area (Å²) in [5.74, 6) is 0.849. The van der Waals surface area contributed by atoms with Crippen molar-refractivity contribution in [2.45, 2.75) is 31.1 Å². The molecule has 0 saturated carbocycles. The standard InChI is InChI=1S/C11H11N7O.C9H9F3OS/c1-7(15-6-19)10-16-11(13)17-18(10)9-3-2-8(4-12)5-14-9;1-6-3-7(13-9(10,11)12)5-8(4-6)14-2/h2-3,5-7H,1H3,(H2,13,17)(H,15,19);3-5H,1-2H3/t7-;/m0./s1. The number of ether oxygens (including phenoxy) is 1. The summed E-state index contributed by atoms with van der Waals surface area (Å²) in [4.78, 5) is 19.4. The predicted octanol–water partition coefficient (Wildman–Crippen LogP) is 3.54. The predicted molar refractivity (Wildman–Crippen MR) is 116 cm³/mol. The molecule has 0 aliphatic heterocycles. The number of hydrogen-bond acceptors (Lipinski definition) is 8. The van der Waals surface area contributed by atoms with Gasteiger partial charge in [0.1, 0.15) is 11.8 Å². The van der Waals surface area contributed by atoms with Crippen LogP contribution in [0.3, 0.4) is 0 Å². The first-order chi connectivity index (χ1) is 15.6. The number of rotatable bonds is 6. The topological polar surface area (TPSA) is 132 Å². The van der Waals surface area contributed by atoms with Gasteiger partial charge in [-0.2, -0.15) is 14.9 Å². The molecular formula is C20H20F3N7O2S. The van der Waals surface area contributed by atoms with E-state index in [1.165, 1.54) is 34.8 Å². The van der Waals surface area contributed by atoms with Gasteiger partial charge >= 0.3 is 6.36 Å². The lowest BCUT2D eigenvalue weighted by atomic mass is 10.2. The fourth-order valence-corrected chi connectivity index (χ4v) is 3.11. The van der Waals surface area contributed by atoms with E-state index >= 15 is 0 Å². The van der Waals surface area contributed by atoms with E-state index < -0.39 is 6.36 Å². The highest BCUT2D eigenvalue weighted by Gasteiger charge is 2.31. The van der Waals surface area contributed by atoms with Crippen LogP contribution in [0.4, 0.5) is 19.1 Å². The van der Waals surface area contributed by atoms with Crippen LogP contribution >= 0.6 is 11.8 Å². The van der Waals surface area contributed by atoms with Crippen LogP contribution in [0, 0.1) is 18.3 Å². The van der Waals surface area contributed by atoms with E-state index in [0.29, 0.717) is 23.6 Å². The van der Waals surface area contributed by atoms with Gasteiger partial charge in [0.05, 0.1) is 11.6 Å². The van der Waals surface area contributed by atoms with Gasteiger partial charge in [-0.25, -0.2) is 4.98 Å². The maximum atomic E-state index is 11.9. The second-order valence-corrected chi connectivity index (χ2v) is 7.38. The maximum absolute atomic E-state index is 11.9. The third kappa shape index (κ3) is 7.69. The van der Waals surface area contributed by atoms with Crippen molar-refractivity contribution >= 4 is 24.1 Å². The Morgan fingerprint density at radius 2 is 2.06 bits per heavy atom. The van der Waals surface area contributed by atoms with Crippen LogP contribution in [-0.4, -0.2) is 38.8 Å². The fourth-order valence-electron chi connectivity index (χ4n) is 2.57. The number of nitrogens with two attached hydrogens (primary N) is 1. The minimum absolute atomic E-state index is 0.0840. The number of aromatic nitrogens is 4. The SMILES string of the molecule is CSc1cc(C)cc(OC(F)(F)F)c1.C[C@H](NC=O)c1nc(N)nn1-c1ccc(C#N)cn1. The molecule has 0 unspecified atom stereocenters. The number of thioether (sulfide) groups is 1. The van der Waals surface area contributed by atoms with Crippen molar-refractivity contribution in [3.8, 4) is 17.6 Å². The van der Waals surface area contributed by atoms with Gasteiger partial charge in [0.25, 0.3) is 0 Å². The molecule has 0 aliphatic carbocycles. The Balaban J connectivity index is 0.000000245. The monoisotopic (exact) mass is 479 g/mol. The molecule has 0 bridgehead atoms. The average molecular weight is 479 g/mol. The van der Waals surface area contributed by atoms with E-state index in [4.69, 9.17) is 11.0 Å². The Morgan fingerprint density at radius 3 is 2.61 bits per heavy atom. The zero-order chi connectivity index (χ0) is 24.6. The molecule has 2 aromatic heterocycles. The highest BCUT2D eigenvalue weighted by atomic mass is 32.2. The lowest BCUT2D eigenvalue weighted by molar-refractivity contribution is -0.274. The summed E-state index contributed by atoms with van der Waals surface area (Å²) in [6, 6.07) is 9.38. The molecule has 1 aromatic carbocycles. The molecule has 3 rings (SSSR count). The summed E-state index contributed by atoms with van der Waals surface area (Å²) < 4.78 is 40.9. The number of aryl methyl sites for hydroxylation is 1. The Morgan fingerprint density at radius 1 is 1.33 bits per heavy atom. The number of nitrogen functional groups attached to an aromatic ring is 1. The second-order valence-electron chi connectivity index (χ2n) is 6.50. The van der Waals surface area contributed by atoms with Gasteiger partial charge in [-0.05, 0) is 56.0 Å². The number of halogens is 3. The van der Waals surface area contributed by atoms with Crippen molar-refractivity contribution in [3.63, 3.8) is 0 Å². The third-order valence-electron chi connectivity index (χ3n) is 3.94. The number of amides is 1. The molecule has 0 spiro atoms. The van der Waals surface area contributed by atoms with Crippen molar-refractivity contribution in [1.29, 1.82) is 5.26 Å². The van der Waals surface area contributed by atoms with E-state index in [1.807, 2.05) is 6.07 Å². The highest BCUT2D eigenvalue weighted by molar-refractivity contribution is 7.98. The van der Waals surface area contributed by atoms with Gasteiger partial charge in [0.15, 0.2) is 11.6 Å². The molecule has 1 atom stereocenters. The second kappa shape index (κ2) is 11.2. The summed E-state index contributed by atoms with van der Waals surface area (Å²) in [5, 5.41) is 15.3. The Bertz CT molecular complexity index is 1130. The van der Waals surface area contributed by atoms with Gasteiger partial charge in [-0.3, -0.25) is 4.79 Å². The van der Waals surface area contributed by atoms with Crippen molar-refractivity contribution in [3.05, 3.63) is 53.5 Å². The zero-order valence-electron chi connectivity index (χ0n) is 17.8. The van der Waals surface area contributed by atoms with Crippen molar-refractivity contribution in [1.82, 2.24) is 25.1 Å². The Labute approximate surface area is 191 Å². The average Bonchev–Trinajstić information content (AvgIpc) is 3.14. The molecule has 0 fully saturated rings. The first-order valence-corrected chi connectivity index (χ1v) is 10.5. The number of carbonyl (C=O) groups is 1. The molecule has 3 aromatic rings. The van der Waals surface area contributed by atoms with Gasteiger partial charge in [-0.1, -0.05) is 0 Å². The van der Waals surface area contributed by atoms with E-state index in [1.54, 1.807) is 38.3 Å². The number of nitriles is 1. The van der Waals surface area contributed by atoms with Crippen LogP contribution in [0.15, 0.2) is 41.4 Å². The molecular weight excluding hydrogens is 459 g/mol.